The number of methoxy groups -OCH3 is 1. The van der Waals surface area contributed by atoms with Crippen LogP contribution in [0, 0.1) is 17.8 Å². The minimum atomic E-state index is -1.77. The molecule has 6 heteroatoms. The quantitative estimate of drug-likeness (QED) is 0.255. The molecule has 0 spiro atoms. The number of aromatic nitrogens is 1. The van der Waals surface area contributed by atoms with Crippen molar-refractivity contribution in [3.63, 3.8) is 0 Å². The maximum absolute atomic E-state index is 13.4. The maximum atomic E-state index is 13.4. The predicted molar refractivity (Wildman–Crippen MR) is 145 cm³/mol. The van der Waals surface area contributed by atoms with Crippen LogP contribution in [0.2, 0.25) is 18.1 Å². The second kappa shape index (κ2) is 10.3. The Labute approximate surface area is 217 Å². The van der Waals surface area contributed by atoms with Crippen LogP contribution in [0.3, 0.4) is 0 Å². The van der Waals surface area contributed by atoms with Crippen molar-refractivity contribution in [3.8, 4) is 0 Å². The number of carbonyl (C=O) groups excluding carboxylic acids is 2. The fourth-order valence-corrected chi connectivity index (χ4v) is 6.86. The van der Waals surface area contributed by atoms with E-state index in [4.69, 9.17) is 9.16 Å². The monoisotopic (exact) mass is 507 g/mol. The van der Waals surface area contributed by atoms with Gasteiger partial charge in [-0.05, 0) is 66.4 Å². The zero-order valence-electron chi connectivity index (χ0n) is 22.8. The third-order valence-electron chi connectivity index (χ3n) is 8.65. The summed E-state index contributed by atoms with van der Waals surface area (Å²) in [5, 5.41) is 0.210. The molecule has 3 unspecified atom stereocenters. The Kier molecular flexibility index (Phi) is 7.70. The Morgan fingerprint density at radius 2 is 1.69 bits per heavy atom. The second-order valence-corrected chi connectivity index (χ2v) is 16.8. The third kappa shape index (κ3) is 5.56. The molecule has 5 nitrogen and oxygen atoms in total. The molecule has 2 saturated carbocycles. The lowest BCUT2D eigenvalue weighted by Crippen LogP contribution is -2.43. The fourth-order valence-electron chi connectivity index (χ4n) is 5.48. The topological polar surface area (TPSA) is 65.5 Å². The van der Waals surface area contributed by atoms with E-state index < -0.39 is 14.4 Å². The van der Waals surface area contributed by atoms with Crippen molar-refractivity contribution >= 4 is 19.9 Å². The van der Waals surface area contributed by atoms with Crippen LogP contribution in [-0.2, 0) is 9.16 Å². The molecular weight excluding hydrogens is 466 g/mol. The first-order valence-corrected chi connectivity index (χ1v) is 16.2. The number of nitrogens with zero attached hydrogens (tertiary/aromatic N) is 1. The molecule has 5 atom stereocenters. The van der Waals surface area contributed by atoms with E-state index in [0.717, 1.165) is 18.4 Å². The van der Waals surface area contributed by atoms with Gasteiger partial charge in [0.25, 0.3) is 0 Å². The summed E-state index contributed by atoms with van der Waals surface area (Å²) in [4.78, 5) is 30.6. The van der Waals surface area contributed by atoms with Crippen molar-refractivity contribution < 1.29 is 18.8 Å². The number of carbonyl (C=O) groups is 2. The molecule has 0 radical (unpaired) electrons. The van der Waals surface area contributed by atoms with E-state index in [9.17, 15) is 9.59 Å². The molecule has 0 saturated heterocycles. The van der Waals surface area contributed by atoms with Gasteiger partial charge in [-0.1, -0.05) is 58.0 Å². The smallest absolute Gasteiger partial charge is 0.192 e. The van der Waals surface area contributed by atoms with Crippen molar-refractivity contribution in [2.75, 3.05) is 7.11 Å². The van der Waals surface area contributed by atoms with Crippen molar-refractivity contribution in [1.29, 1.82) is 0 Å². The lowest BCUT2D eigenvalue weighted by atomic mass is 9.97. The summed E-state index contributed by atoms with van der Waals surface area (Å²) in [6.45, 7) is 13.3. The number of rotatable bonds is 10. The number of ether oxygens (including phenoxy) is 1. The van der Waals surface area contributed by atoms with Crippen molar-refractivity contribution in [3.05, 3.63) is 65.0 Å². The molecule has 0 bridgehead atoms. The largest absolute Gasteiger partial charge is 0.414 e. The highest BCUT2D eigenvalue weighted by atomic mass is 28.4. The molecule has 0 amide bonds. The Morgan fingerprint density at radius 3 is 2.25 bits per heavy atom. The average molecular weight is 508 g/mol. The SMILES string of the molecule is CCC(=O)c1cc(C(=O)CC2[C@H]3CC(O[Si](C)(C)C(C)(C)C)C[C@@H]23)cc(C(OC)c2ccccc2)n1. The van der Waals surface area contributed by atoms with Gasteiger partial charge in [-0.3, -0.25) is 9.59 Å². The van der Waals surface area contributed by atoms with E-state index in [1.54, 1.807) is 13.2 Å². The first-order chi connectivity index (χ1) is 16.9. The van der Waals surface area contributed by atoms with Crippen molar-refractivity contribution in [2.24, 2.45) is 17.8 Å². The summed E-state index contributed by atoms with van der Waals surface area (Å²) >= 11 is 0. The molecule has 0 aliphatic heterocycles. The summed E-state index contributed by atoms with van der Waals surface area (Å²) in [6, 6.07) is 13.3. The fraction of sp³-hybridized carbons (Fsp3) is 0.567. The lowest BCUT2D eigenvalue weighted by Gasteiger charge is -2.39. The molecule has 2 aliphatic rings. The molecule has 0 N–H and O–H groups in total. The number of Topliss-reactive ketones (excluding diaryl/α,β-unsaturated/α-hetero) is 2. The van der Waals surface area contributed by atoms with Crippen LogP contribution in [-0.4, -0.2) is 38.1 Å². The van der Waals surface area contributed by atoms with Gasteiger partial charge in [-0.2, -0.15) is 0 Å². The van der Waals surface area contributed by atoms with E-state index in [1.807, 2.05) is 43.3 Å². The molecular formula is C30H41NO4Si. The number of hydrogen-bond acceptors (Lipinski definition) is 5. The molecule has 2 fully saturated rings. The number of hydrogen-bond donors (Lipinski definition) is 0. The minimum Gasteiger partial charge on any atom is -0.414 e. The normalized spacial score (nSPS) is 24.3. The lowest BCUT2D eigenvalue weighted by molar-refractivity contribution is 0.0961. The van der Waals surface area contributed by atoms with Crippen LogP contribution in [0.15, 0.2) is 42.5 Å². The van der Waals surface area contributed by atoms with Gasteiger partial charge < -0.3 is 9.16 Å². The standard InChI is InChI=1S/C30H41NO4Si/c1-8-27(32)25-14-20(15-26(31-25)29(34-5)19-12-10-9-11-13-19)28(33)18-24-22-16-21(17-23(22)24)35-36(6,7)30(2,3)4/h9-15,21-24,29H,8,16-18H2,1-7H3/t21?,22-,23+,24?,29?. The first kappa shape index (κ1) is 26.9. The molecule has 1 heterocycles. The highest BCUT2D eigenvalue weighted by Gasteiger charge is 2.57. The van der Waals surface area contributed by atoms with Gasteiger partial charge in [0.05, 0.1) is 5.69 Å². The Bertz CT molecular complexity index is 1100. The second-order valence-electron chi connectivity index (χ2n) is 12.1. The Balaban J connectivity index is 1.47. The zero-order chi connectivity index (χ0) is 26.3. The van der Waals surface area contributed by atoms with E-state index >= 15 is 0 Å². The molecule has 4 rings (SSSR count). The first-order valence-electron chi connectivity index (χ1n) is 13.3. The molecule has 36 heavy (non-hydrogen) atoms. The number of benzene rings is 1. The van der Waals surface area contributed by atoms with Gasteiger partial charge in [-0.15, -0.1) is 0 Å². The van der Waals surface area contributed by atoms with Crippen LogP contribution >= 0.6 is 0 Å². The van der Waals surface area contributed by atoms with E-state index in [-0.39, 0.29) is 16.6 Å². The molecule has 2 aromatic rings. The van der Waals surface area contributed by atoms with Gasteiger partial charge in [0.2, 0.25) is 0 Å². The highest BCUT2D eigenvalue weighted by molar-refractivity contribution is 6.74. The van der Waals surface area contributed by atoms with E-state index in [1.165, 1.54) is 0 Å². The highest BCUT2D eigenvalue weighted by Crippen LogP contribution is 2.60. The number of ketones is 2. The Hall–Kier alpha value is -2.15. The van der Waals surface area contributed by atoms with Gasteiger partial charge >= 0.3 is 0 Å². The summed E-state index contributed by atoms with van der Waals surface area (Å²) in [5.74, 6) is 1.61. The molecule has 194 valence electrons. The molecule has 2 aliphatic carbocycles. The van der Waals surface area contributed by atoms with Crippen LogP contribution in [0.5, 0.6) is 0 Å². The van der Waals surface area contributed by atoms with Crippen LogP contribution in [0.25, 0.3) is 0 Å². The number of pyridine rings is 1. The average Bonchev–Trinajstić information content (AvgIpc) is 3.27. The van der Waals surface area contributed by atoms with Crippen molar-refractivity contribution in [1.82, 2.24) is 4.98 Å². The van der Waals surface area contributed by atoms with Gasteiger partial charge in [0.1, 0.15) is 11.8 Å². The summed E-state index contributed by atoms with van der Waals surface area (Å²) in [6.07, 6.45) is 2.90. The maximum Gasteiger partial charge on any atom is 0.192 e. The molecule has 1 aromatic carbocycles. The van der Waals surface area contributed by atoms with Crippen LogP contribution < -0.4 is 0 Å². The third-order valence-corrected chi connectivity index (χ3v) is 13.2. The predicted octanol–water partition coefficient (Wildman–Crippen LogP) is 7.03. The minimum absolute atomic E-state index is 0.0669. The summed E-state index contributed by atoms with van der Waals surface area (Å²) in [7, 11) is -0.145. The van der Waals surface area contributed by atoms with Crippen LogP contribution in [0.4, 0.5) is 0 Å². The van der Waals surface area contributed by atoms with Gasteiger partial charge in [0, 0.05) is 31.6 Å². The number of fused-ring (bicyclic) bond motifs is 1. The zero-order valence-corrected chi connectivity index (χ0v) is 23.8. The van der Waals surface area contributed by atoms with Gasteiger partial charge in [-0.25, -0.2) is 4.98 Å². The van der Waals surface area contributed by atoms with Crippen LogP contribution in [0.1, 0.15) is 91.6 Å². The summed E-state index contributed by atoms with van der Waals surface area (Å²) < 4.78 is 12.4. The van der Waals surface area contributed by atoms with Gasteiger partial charge in [0.15, 0.2) is 19.9 Å². The summed E-state index contributed by atoms with van der Waals surface area (Å²) in [5.41, 5.74) is 2.45. The van der Waals surface area contributed by atoms with E-state index in [2.05, 4.69) is 38.8 Å². The Morgan fingerprint density at radius 1 is 1.06 bits per heavy atom. The van der Waals surface area contributed by atoms with E-state index in [0.29, 0.717) is 53.7 Å². The van der Waals surface area contributed by atoms with Crippen molar-refractivity contribution in [2.45, 2.75) is 83.7 Å². The molecule has 1 aromatic heterocycles.